The zero-order valence-corrected chi connectivity index (χ0v) is 18.6. The molecule has 1 aliphatic heterocycles. The van der Waals surface area contributed by atoms with Crippen LogP contribution < -0.4 is 10.1 Å². The van der Waals surface area contributed by atoms with Crippen LogP contribution in [0.25, 0.3) is 0 Å². The van der Waals surface area contributed by atoms with Crippen molar-refractivity contribution in [1.82, 2.24) is 15.1 Å². The molecule has 1 saturated heterocycles. The second kappa shape index (κ2) is 13.2. The maximum absolute atomic E-state index is 5.45. The zero-order chi connectivity index (χ0) is 17.9. The van der Waals surface area contributed by atoms with E-state index in [4.69, 9.17) is 14.5 Å². The molecule has 1 N–H and O–H groups in total. The number of aliphatic imine (C=N–C) groups is 1. The third kappa shape index (κ3) is 7.67. The van der Waals surface area contributed by atoms with Gasteiger partial charge in [-0.1, -0.05) is 18.2 Å². The van der Waals surface area contributed by atoms with Crippen molar-refractivity contribution in [1.29, 1.82) is 0 Å². The maximum Gasteiger partial charge on any atom is 0.193 e. The fraction of sp³-hybridized carbons (Fsp3) is 0.632. The Morgan fingerprint density at radius 1 is 1.31 bits per heavy atom. The van der Waals surface area contributed by atoms with Crippen molar-refractivity contribution in [2.24, 2.45) is 4.99 Å². The first-order valence-electron chi connectivity index (χ1n) is 9.16. The molecule has 1 heterocycles. The zero-order valence-electron chi connectivity index (χ0n) is 16.2. The number of guanidine groups is 1. The Morgan fingerprint density at radius 3 is 2.73 bits per heavy atom. The van der Waals surface area contributed by atoms with Gasteiger partial charge in [0.15, 0.2) is 5.96 Å². The van der Waals surface area contributed by atoms with E-state index < -0.39 is 0 Å². The molecule has 148 valence electrons. The summed E-state index contributed by atoms with van der Waals surface area (Å²) in [6.07, 6.45) is 1.07. The van der Waals surface area contributed by atoms with Crippen LogP contribution in [0.15, 0.2) is 29.3 Å². The van der Waals surface area contributed by atoms with Crippen molar-refractivity contribution >= 4 is 29.9 Å². The molecular weight excluding hydrogens is 443 g/mol. The van der Waals surface area contributed by atoms with E-state index in [-0.39, 0.29) is 24.0 Å². The molecule has 26 heavy (non-hydrogen) atoms. The fourth-order valence-corrected chi connectivity index (χ4v) is 2.94. The molecule has 2 rings (SSSR count). The molecule has 0 aliphatic carbocycles. The minimum atomic E-state index is 0. The van der Waals surface area contributed by atoms with Crippen LogP contribution in [0.1, 0.15) is 18.9 Å². The van der Waals surface area contributed by atoms with Gasteiger partial charge in [0.1, 0.15) is 5.75 Å². The number of nitrogens with one attached hydrogen (secondary N) is 1. The standard InChI is InChI=1S/C19H32N4O2.HI/c1-4-20-19(21-10-7-11-23-12-14-25-15-13-23)22(2)16-17-8-5-6-9-18(17)24-3;/h5-6,8-9H,4,7,10-16H2,1-3H3,(H,20,21);1H. The Hall–Kier alpha value is -1.06. The number of halogens is 1. The van der Waals surface area contributed by atoms with Crippen LogP contribution in [0.4, 0.5) is 0 Å². The third-order valence-corrected chi connectivity index (χ3v) is 4.29. The molecule has 0 atom stereocenters. The Labute approximate surface area is 175 Å². The Morgan fingerprint density at radius 2 is 2.04 bits per heavy atom. The molecule has 1 aromatic carbocycles. The SMILES string of the molecule is CCNC(=NCCCN1CCOCC1)N(C)Cc1ccccc1OC.I. The number of para-hydroxylation sites is 1. The molecule has 7 heteroatoms. The van der Waals surface area contributed by atoms with Crippen molar-refractivity contribution in [2.75, 3.05) is 60.1 Å². The molecule has 1 aromatic rings. The molecule has 0 spiro atoms. The number of hydrogen-bond acceptors (Lipinski definition) is 4. The smallest absolute Gasteiger partial charge is 0.193 e. The molecule has 0 radical (unpaired) electrons. The highest BCUT2D eigenvalue weighted by Gasteiger charge is 2.11. The van der Waals surface area contributed by atoms with Crippen LogP contribution in [0.5, 0.6) is 5.75 Å². The summed E-state index contributed by atoms with van der Waals surface area (Å²) >= 11 is 0. The first-order valence-corrected chi connectivity index (χ1v) is 9.16. The second-order valence-corrected chi connectivity index (χ2v) is 6.21. The Kier molecular flexibility index (Phi) is 11.6. The minimum absolute atomic E-state index is 0. The van der Waals surface area contributed by atoms with Gasteiger partial charge in [0.05, 0.1) is 20.3 Å². The summed E-state index contributed by atoms with van der Waals surface area (Å²) in [5.41, 5.74) is 1.16. The number of rotatable bonds is 8. The van der Waals surface area contributed by atoms with E-state index in [0.717, 1.165) is 76.2 Å². The minimum Gasteiger partial charge on any atom is -0.496 e. The first kappa shape index (κ1) is 23.0. The molecule has 0 unspecified atom stereocenters. The van der Waals surface area contributed by atoms with Gasteiger partial charge in [-0.2, -0.15) is 0 Å². The normalized spacial score (nSPS) is 15.3. The number of methoxy groups -OCH3 is 1. The summed E-state index contributed by atoms with van der Waals surface area (Å²) in [6, 6.07) is 8.12. The van der Waals surface area contributed by atoms with Gasteiger partial charge in [0, 0.05) is 51.9 Å². The highest BCUT2D eigenvalue weighted by molar-refractivity contribution is 14.0. The summed E-state index contributed by atoms with van der Waals surface area (Å²) in [5.74, 6) is 1.85. The van der Waals surface area contributed by atoms with Crippen LogP contribution in [-0.4, -0.2) is 75.9 Å². The lowest BCUT2D eigenvalue weighted by Crippen LogP contribution is -2.39. The van der Waals surface area contributed by atoms with Crippen LogP contribution in [0.3, 0.4) is 0 Å². The van der Waals surface area contributed by atoms with Gasteiger partial charge < -0.3 is 19.7 Å². The molecule has 6 nitrogen and oxygen atoms in total. The summed E-state index contributed by atoms with van der Waals surface area (Å²) in [5, 5.41) is 3.38. The van der Waals surface area contributed by atoms with Crippen molar-refractivity contribution in [2.45, 2.75) is 19.9 Å². The van der Waals surface area contributed by atoms with E-state index in [1.165, 1.54) is 0 Å². The lowest BCUT2D eigenvalue weighted by Gasteiger charge is -2.26. The first-order chi connectivity index (χ1) is 12.2. The summed E-state index contributed by atoms with van der Waals surface area (Å²) in [4.78, 5) is 9.38. The van der Waals surface area contributed by atoms with Crippen molar-refractivity contribution in [3.63, 3.8) is 0 Å². The summed E-state index contributed by atoms with van der Waals surface area (Å²) < 4.78 is 10.8. The van der Waals surface area contributed by atoms with Gasteiger partial charge in [-0.3, -0.25) is 9.89 Å². The molecule has 1 aliphatic rings. The number of morpholine rings is 1. The van der Waals surface area contributed by atoms with Gasteiger partial charge in [-0.15, -0.1) is 24.0 Å². The highest BCUT2D eigenvalue weighted by atomic mass is 127. The molecule has 0 aromatic heterocycles. The van der Waals surface area contributed by atoms with Crippen LogP contribution in [-0.2, 0) is 11.3 Å². The quantitative estimate of drug-likeness (QED) is 0.271. The molecule has 1 fully saturated rings. The lowest BCUT2D eigenvalue weighted by molar-refractivity contribution is 0.0377. The molecule has 0 saturated carbocycles. The predicted molar refractivity (Wildman–Crippen MR) is 118 cm³/mol. The fourth-order valence-electron chi connectivity index (χ4n) is 2.94. The van der Waals surface area contributed by atoms with Crippen LogP contribution >= 0.6 is 24.0 Å². The third-order valence-electron chi connectivity index (χ3n) is 4.29. The molecule has 0 amide bonds. The van der Waals surface area contributed by atoms with E-state index in [9.17, 15) is 0 Å². The van der Waals surface area contributed by atoms with Crippen molar-refractivity contribution < 1.29 is 9.47 Å². The number of benzene rings is 1. The van der Waals surface area contributed by atoms with E-state index in [1.54, 1.807) is 7.11 Å². The Balaban J connectivity index is 0.00000338. The maximum atomic E-state index is 5.45. The topological polar surface area (TPSA) is 49.3 Å². The number of ether oxygens (including phenoxy) is 2. The number of hydrogen-bond donors (Lipinski definition) is 1. The van der Waals surface area contributed by atoms with E-state index in [2.05, 4.69) is 35.2 Å². The van der Waals surface area contributed by atoms with E-state index >= 15 is 0 Å². The van der Waals surface area contributed by atoms with Gasteiger partial charge in [0.25, 0.3) is 0 Å². The average molecular weight is 476 g/mol. The van der Waals surface area contributed by atoms with Gasteiger partial charge in [-0.25, -0.2) is 0 Å². The van der Waals surface area contributed by atoms with Crippen LogP contribution in [0.2, 0.25) is 0 Å². The number of nitrogens with zero attached hydrogens (tertiary/aromatic N) is 3. The van der Waals surface area contributed by atoms with E-state index in [1.807, 2.05) is 18.2 Å². The largest absolute Gasteiger partial charge is 0.496 e. The van der Waals surface area contributed by atoms with Gasteiger partial charge >= 0.3 is 0 Å². The lowest BCUT2D eigenvalue weighted by atomic mass is 10.2. The van der Waals surface area contributed by atoms with Crippen molar-refractivity contribution in [3.8, 4) is 5.75 Å². The predicted octanol–water partition coefficient (Wildman–Crippen LogP) is 2.43. The average Bonchev–Trinajstić information content (AvgIpc) is 2.65. The van der Waals surface area contributed by atoms with Crippen molar-refractivity contribution in [3.05, 3.63) is 29.8 Å². The molecular formula is C19H33IN4O2. The second-order valence-electron chi connectivity index (χ2n) is 6.21. The molecule has 0 bridgehead atoms. The monoisotopic (exact) mass is 476 g/mol. The van der Waals surface area contributed by atoms with Gasteiger partial charge in [-0.05, 0) is 19.4 Å². The van der Waals surface area contributed by atoms with E-state index in [0.29, 0.717) is 0 Å². The Bertz CT molecular complexity index is 536. The highest BCUT2D eigenvalue weighted by Crippen LogP contribution is 2.18. The summed E-state index contributed by atoms with van der Waals surface area (Å²) in [7, 11) is 3.78. The van der Waals surface area contributed by atoms with Crippen LogP contribution in [0, 0.1) is 0 Å². The van der Waals surface area contributed by atoms with Gasteiger partial charge in [0.2, 0.25) is 0 Å². The summed E-state index contributed by atoms with van der Waals surface area (Å²) in [6.45, 7) is 9.42.